The number of nitrogens with zero attached hydrogens (tertiary/aromatic N) is 1. The van der Waals surface area contributed by atoms with E-state index in [-0.39, 0.29) is 11.0 Å². The van der Waals surface area contributed by atoms with Crippen LogP contribution in [-0.2, 0) is 12.5 Å². The Morgan fingerprint density at radius 1 is 1.36 bits per heavy atom. The lowest BCUT2D eigenvalue weighted by Gasteiger charge is -2.19. The Kier molecular flexibility index (Phi) is 3.35. The van der Waals surface area contributed by atoms with E-state index in [2.05, 4.69) is 32.2 Å². The highest BCUT2D eigenvalue weighted by molar-refractivity contribution is 6.05. The molecule has 116 valence electrons. The van der Waals surface area contributed by atoms with Gasteiger partial charge < -0.3 is 9.88 Å². The predicted octanol–water partition coefficient (Wildman–Crippen LogP) is 4.20. The van der Waals surface area contributed by atoms with Crippen LogP contribution in [0.1, 0.15) is 54.6 Å². The second-order valence-electron chi connectivity index (χ2n) is 6.90. The number of benzene rings is 1. The first kappa shape index (κ1) is 14.8. The SMILES string of the molecule is CC1CC(C)(C)c2cccc(NC(=O)c3cn(C)cc3F)c21. The first-order valence-electron chi connectivity index (χ1n) is 7.56. The molecule has 1 aromatic heterocycles. The molecular formula is C18H21FN2O. The Balaban J connectivity index is 1.96. The zero-order chi connectivity index (χ0) is 16.1. The molecule has 22 heavy (non-hydrogen) atoms. The summed E-state index contributed by atoms with van der Waals surface area (Å²) in [6.45, 7) is 6.61. The monoisotopic (exact) mass is 300 g/mol. The minimum atomic E-state index is -0.499. The molecule has 1 aliphatic carbocycles. The molecule has 1 heterocycles. The number of hydrogen-bond donors (Lipinski definition) is 1. The molecule has 0 aliphatic heterocycles. The van der Waals surface area contributed by atoms with Gasteiger partial charge in [0.2, 0.25) is 0 Å². The number of amides is 1. The van der Waals surface area contributed by atoms with Crippen molar-refractivity contribution in [2.75, 3.05) is 5.32 Å². The van der Waals surface area contributed by atoms with Gasteiger partial charge in [0.25, 0.3) is 5.91 Å². The molecule has 0 fully saturated rings. The van der Waals surface area contributed by atoms with Crippen LogP contribution in [0.5, 0.6) is 0 Å². The average Bonchev–Trinajstić information content (AvgIpc) is 2.87. The van der Waals surface area contributed by atoms with Crippen molar-refractivity contribution in [1.29, 1.82) is 0 Å². The van der Waals surface area contributed by atoms with Crippen LogP contribution >= 0.6 is 0 Å². The van der Waals surface area contributed by atoms with E-state index in [0.29, 0.717) is 5.92 Å². The molecule has 0 radical (unpaired) electrons. The summed E-state index contributed by atoms with van der Waals surface area (Å²) < 4.78 is 15.3. The number of carbonyl (C=O) groups excluding carboxylic acids is 1. The summed E-state index contributed by atoms with van der Waals surface area (Å²) in [7, 11) is 1.70. The van der Waals surface area contributed by atoms with Gasteiger partial charge in [0, 0.05) is 25.1 Å². The molecule has 1 unspecified atom stereocenters. The van der Waals surface area contributed by atoms with Gasteiger partial charge in [0.15, 0.2) is 5.82 Å². The van der Waals surface area contributed by atoms with E-state index in [0.717, 1.165) is 12.1 Å². The van der Waals surface area contributed by atoms with Crippen molar-refractivity contribution in [3.8, 4) is 0 Å². The van der Waals surface area contributed by atoms with Gasteiger partial charge in [0.1, 0.15) is 0 Å². The topological polar surface area (TPSA) is 34.0 Å². The molecular weight excluding hydrogens is 279 g/mol. The highest BCUT2D eigenvalue weighted by atomic mass is 19.1. The van der Waals surface area contributed by atoms with Gasteiger partial charge in [0.05, 0.1) is 5.56 Å². The number of carbonyl (C=O) groups is 1. The zero-order valence-electron chi connectivity index (χ0n) is 13.4. The number of nitrogens with one attached hydrogen (secondary N) is 1. The molecule has 0 saturated heterocycles. The van der Waals surface area contributed by atoms with E-state index in [9.17, 15) is 9.18 Å². The van der Waals surface area contributed by atoms with Gasteiger partial charge >= 0.3 is 0 Å². The molecule has 1 atom stereocenters. The quantitative estimate of drug-likeness (QED) is 0.886. The molecule has 1 aromatic carbocycles. The van der Waals surface area contributed by atoms with Gasteiger partial charge in [-0.3, -0.25) is 4.79 Å². The maximum absolute atomic E-state index is 13.8. The van der Waals surface area contributed by atoms with E-state index < -0.39 is 11.7 Å². The average molecular weight is 300 g/mol. The molecule has 0 spiro atoms. The first-order chi connectivity index (χ1) is 10.3. The second kappa shape index (κ2) is 4.97. The summed E-state index contributed by atoms with van der Waals surface area (Å²) in [6, 6.07) is 5.97. The second-order valence-corrected chi connectivity index (χ2v) is 6.90. The van der Waals surface area contributed by atoms with Crippen LogP contribution in [0.4, 0.5) is 10.1 Å². The fourth-order valence-electron chi connectivity index (χ4n) is 3.68. The third-order valence-corrected chi connectivity index (χ3v) is 4.54. The van der Waals surface area contributed by atoms with E-state index in [1.54, 1.807) is 11.6 Å². The molecule has 1 N–H and O–H groups in total. The van der Waals surface area contributed by atoms with Gasteiger partial charge in [-0.05, 0) is 34.9 Å². The lowest BCUT2D eigenvalue weighted by atomic mass is 9.86. The summed E-state index contributed by atoms with van der Waals surface area (Å²) in [5.41, 5.74) is 3.42. The Labute approximate surface area is 130 Å². The Morgan fingerprint density at radius 2 is 2.09 bits per heavy atom. The number of fused-ring (bicyclic) bond motifs is 1. The molecule has 1 aliphatic rings. The van der Waals surface area contributed by atoms with Gasteiger partial charge in [-0.1, -0.05) is 32.9 Å². The molecule has 0 saturated carbocycles. The number of halogens is 1. The van der Waals surface area contributed by atoms with Crippen molar-refractivity contribution in [3.05, 3.63) is 53.1 Å². The van der Waals surface area contributed by atoms with Crippen LogP contribution in [0.15, 0.2) is 30.6 Å². The molecule has 0 bridgehead atoms. The third kappa shape index (κ3) is 2.32. The summed E-state index contributed by atoms with van der Waals surface area (Å²) in [4.78, 5) is 12.4. The van der Waals surface area contributed by atoms with Crippen molar-refractivity contribution < 1.29 is 9.18 Å². The van der Waals surface area contributed by atoms with Crippen LogP contribution in [-0.4, -0.2) is 10.5 Å². The normalized spacial score (nSPS) is 19.0. The Hall–Kier alpha value is -2.10. The number of hydrogen-bond acceptors (Lipinski definition) is 1. The molecule has 4 heteroatoms. The van der Waals surface area contributed by atoms with Gasteiger partial charge in [-0.15, -0.1) is 0 Å². The molecule has 2 aromatic rings. The lowest BCUT2D eigenvalue weighted by Crippen LogP contribution is -2.15. The van der Waals surface area contributed by atoms with Crippen molar-refractivity contribution in [1.82, 2.24) is 4.57 Å². The third-order valence-electron chi connectivity index (χ3n) is 4.54. The zero-order valence-corrected chi connectivity index (χ0v) is 13.4. The smallest absolute Gasteiger partial charge is 0.260 e. The van der Waals surface area contributed by atoms with Crippen molar-refractivity contribution in [2.24, 2.45) is 7.05 Å². The van der Waals surface area contributed by atoms with Crippen LogP contribution in [0, 0.1) is 5.82 Å². The van der Waals surface area contributed by atoms with Crippen LogP contribution in [0.25, 0.3) is 0 Å². The first-order valence-corrected chi connectivity index (χ1v) is 7.56. The highest BCUT2D eigenvalue weighted by Gasteiger charge is 2.36. The summed E-state index contributed by atoms with van der Waals surface area (Å²) in [5.74, 6) is -0.522. The minimum Gasteiger partial charge on any atom is -0.354 e. The fraction of sp³-hybridized carbons (Fsp3) is 0.389. The summed E-state index contributed by atoms with van der Waals surface area (Å²) in [6.07, 6.45) is 3.85. The van der Waals surface area contributed by atoms with Gasteiger partial charge in [-0.25, -0.2) is 4.39 Å². The number of anilines is 1. The van der Waals surface area contributed by atoms with E-state index in [1.807, 2.05) is 12.1 Å². The molecule has 1 amide bonds. The largest absolute Gasteiger partial charge is 0.354 e. The van der Waals surface area contributed by atoms with Crippen LogP contribution < -0.4 is 5.32 Å². The fourth-order valence-corrected chi connectivity index (χ4v) is 3.68. The summed E-state index contributed by atoms with van der Waals surface area (Å²) >= 11 is 0. The molecule has 3 rings (SSSR count). The maximum atomic E-state index is 13.8. The van der Waals surface area contributed by atoms with Crippen molar-refractivity contribution in [2.45, 2.75) is 38.5 Å². The minimum absolute atomic E-state index is 0.0741. The number of aryl methyl sites for hydroxylation is 1. The summed E-state index contributed by atoms with van der Waals surface area (Å²) in [5, 5.41) is 2.89. The van der Waals surface area contributed by atoms with Crippen molar-refractivity contribution in [3.63, 3.8) is 0 Å². The van der Waals surface area contributed by atoms with Crippen LogP contribution in [0.2, 0.25) is 0 Å². The Bertz CT molecular complexity index is 746. The lowest BCUT2D eigenvalue weighted by molar-refractivity contribution is 0.102. The van der Waals surface area contributed by atoms with Gasteiger partial charge in [-0.2, -0.15) is 0 Å². The maximum Gasteiger partial charge on any atom is 0.260 e. The predicted molar refractivity (Wildman–Crippen MR) is 85.8 cm³/mol. The molecule has 3 nitrogen and oxygen atoms in total. The highest BCUT2D eigenvalue weighted by Crippen LogP contribution is 2.48. The number of aromatic nitrogens is 1. The van der Waals surface area contributed by atoms with E-state index in [4.69, 9.17) is 0 Å². The number of rotatable bonds is 2. The standard InChI is InChI=1S/C18H21FN2O/c1-11-8-18(2,3)13-6-5-7-15(16(11)13)20-17(22)12-9-21(4)10-14(12)19/h5-7,9-11H,8H2,1-4H3,(H,20,22). The van der Waals surface area contributed by atoms with E-state index in [1.165, 1.54) is 23.5 Å². The van der Waals surface area contributed by atoms with E-state index >= 15 is 0 Å². The Morgan fingerprint density at radius 3 is 2.73 bits per heavy atom. The van der Waals surface area contributed by atoms with Crippen LogP contribution in [0.3, 0.4) is 0 Å². The van der Waals surface area contributed by atoms with Crippen molar-refractivity contribution >= 4 is 11.6 Å².